The molecule has 0 spiro atoms. The van der Waals surface area contributed by atoms with E-state index in [4.69, 9.17) is 4.52 Å². The fourth-order valence-electron chi connectivity index (χ4n) is 2.24. The lowest BCUT2D eigenvalue weighted by Gasteiger charge is -1.99. The van der Waals surface area contributed by atoms with E-state index < -0.39 is 0 Å². The predicted molar refractivity (Wildman–Crippen MR) is 62.1 cm³/mol. The first-order chi connectivity index (χ1) is 8.29. The first-order valence-corrected chi connectivity index (χ1v) is 5.76. The van der Waals surface area contributed by atoms with Crippen molar-refractivity contribution < 1.29 is 8.91 Å². The Bertz CT molecular complexity index is 563. The lowest BCUT2D eigenvalue weighted by Crippen LogP contribution is -2.13. The van der Waals surface area contributed by atoms with Gasteiger partial charge in [0, 0.05) is 24.1 Å². The average Bonchev–Trinajstić information content (AvgIpc) is 2.84. The molecular formula is C13H13FN2O. The maximum Gasteiger partial charge on any atom is 0.170 e. The molecule has 0 aliphatic heterocycles. The van der Waals surface area contributed by atoms with Crippen LogP contribution >= 0.6 is 0 Å². The normalized spacial score (nSPS) is 12.6. The molecule has 3 nitrogen and oxygen atoms in total. The van der Waals surface area contributed by atoms with Gasteiger partial charge in [-0.15, -0.1) is 0 Å². The highest BCUT2D eigenvalue weighted by Crippen LogP contribution is 2.38. The van der Waals surface area contributed by atoms with Gasteiger partial charge in [0.1, 0.15) is 11.5 Å². The third-order valence-electron chi connectivity index (χ3n) is 3.09. The van der Waals surface area contributed by atoms with Crippen molar-refractivity contribution >= 4 is 0 Å². The van der Waals surface area contributed by atoms with Crippen molar-refractivity contribution in [2.24, 2.45) is 0 Å². The summed E-state index contributed by atoms with van der Waals surface area (Å²) in [4.78, 5) is 0. The number of fused-ring (bicyclic) bond motifs is 3. The van der Waals surface area contributed by atoms with Crippen molar-refractivity contribution in [3.63, 3.8) is 0 Å². The molecule has 0 fully saturated rings. The summed E-state index contributed by atoms with van der Waals surface area (Å²) < 4.78 is 18.5. The molecule has 0 atom stereocenters. The zero-order valence-electron chi connectivity index (χ0n) is 9.59. The maximum absolute atomic E-state index is 13.1. The number of benzene rings is 1. The van der Waals surface area contributed by atoms with Gasteiger partial charge in [-0.1, -0.05) is 12.1 Å². The van der Waals surface area contributed by atoms with E-state index in [1.165, 1.54) is 6.07 Å². The molecule has 17 heavy (non-hydrogen) atoms. The molecule has 1 aliphatic rings. The third kappa shape index (κ3) is 1.65. The fourth-order valence-corrected chi connectivity index (χ4v) is 2.24. The van der Waals surface area contributed by atoms with Gasteiger partial charge in [0.25, 0.3) is 0 Å². The highest BCUT2D eigenvalue weighted by atomic mass is 19.1. The highest BCUT2D eigenvalue weighted by molar-refractivity contribution is 5.72. The molecule has 1 N–H and O–H groups in total. The van der Waals surface area contributed by atoms with E-state index in [-0.39, 0.29) is 5.82 Å². The second-order valence-electron chi connectivity index (χ2n) is 4.20. The minimum atomic E-state index is -0.199. The van der Waals surface area contributed by atoms with Gasteiger partial charge < -0.3 is 9.84 Å². The van der Waals surface area contributed by atoms with Gasteiger partial charge in [-0.25, -0.2) is 4.39 Å². The van der Waals surface area contributed by atoms with Crippen LogP contribution in [0.5, 0.6) is 0 Å². The zero-order chi connectivity index (χ0) is 11.8. The van der Waals surface area contributed by atoms with Gasteiger partial charge >= 0.3 is 0 Å². The molecule has 0 saturated carbocycles. The van der Waals surface area contributed by atoms with Crippen LogP contribution in [0.4, 0.5) is 4.39 Å². The second kappa shape index (κ2) is 3.96. The Balaban J connectivity index is 1.99. The summed E-state index contributed by atoms with van der Waals surface area (Å²) in [7, 11) is 0. The summed E-state index contributed by atoms with van der Waals surface area (Å²) in [6.45, 7) is 3.64. The summed E-state index contributed by atoms with van der Waals surface area (Å²) in [5, 5.41) is 7.29. The summed E-state index contributed by atoms with van der Waals surface area (Å²) >= 11 is 0. The number of hydrogen-bond acceptors (Lipinski definition) is 3. The highest BCUT2D eigenvalue weighted by Gasteiger charge is 2.26. The van der Waals surface area contributed by atoms with Crippen LogP contribution < -0.4 is 5.32 Å². The Hall–Kier alpha value is -1.68. The van der Waals surface area contributed by atoms with Gasteiger partial charge in [-0.2, -0.15) is 0 Å². The van der Waals surface area contributed by atoms with Crippen molar-refractivity contribution in [2.45, 2.75) is 19.9 Å². The molecule has 1 heterocycles. The first-order valence-electron chi connectivity index (χ1n) is 5.76. The minimum absolute atomic E-state index is 0.199. The summed E-state index contributed by atoms with van der Waals surface area (Å²) in [5.41, 5.74) is 3.97. The lowest BCUT2D eigenvalue weighted by atomic mass is 10.1. The maximum atomic E-state index is 13.1. The molecule has 88 valence electrons. The number of rotatable bonds is 3. The van der Waals surface area contributed by atoms with Crippen LogP contribution in [0.2, 0.25) is 0 Å². The molecule has 0 radical (unpaired) electrons. The largest absolute Gasteiger partial charge is 0.356 e. The van der Waals surface area contributed by atoms with Gasteiger partial charge in [-0.3, -0.25) is 0 Å². The molecule has 4 heteroatoms. The van der Waals surface area contributed by atoms with Crippen LogP contribution in [-0.4, -0.2) is 11.7 Å². The van der Waals surface area contributed by atoms with E-state index in [2.05, 4.69) is 10.5 Å². The smallest absolute Gasteiger partial charge is 0.170 e. The average molecular weight is 232 g/mol. The van der Waals surface area contributed by atoms with Crippen LogP contribution in [0.1, 0.15) is 23.7 Å². The van der Waals surface area contributed by atoms with Crippen LogP contribution in [0.3, 0.4) is 0 Å². The second-order valence-corrected chi connectivity index (χ2v) is 4.20. The lowest BCUT2D eigenvalue weighted by molar-refractivity contribution is 0.420. The van der Waals surface area contributed by atoms with Crippen molar-refractivity contribution in [2.75, 3.05) is 6.54 Å². The monoisotopic (exact) mass is 232 g/mol. The molecule has 1 aliphatic carbocycles. The van der Waals surface area contributed by atoms with Gasteiger partial charge in [0.15, 0.2) is 5.76 Å². The third-order valence-corrected chi connectivity index (χ3v) is 3.09. The number of nitrogens with one attached hydrogen (secondary N) is 1. The first kappa shape index (κ1) is 10.5. The Morgan fingerprint density at radius 3 is 3.18 bits per heavy atom. The number of nitrogens with zero attached hydrogens (tertiary/aromatic N) is 1. The van der Waals surface area contributed by atoms with Crippen LogP contribution in [0.15, 0.2) is 22.7 Å². The van der Waals surface area contributed by atoms with Gasteiger partial charge in [-0.05, 0) is 30.3 Å². The Labute approximate surface area is 98.6 Å². The molecule has 0 saturated heterocycles. The van der Waals surface area contributed by atoms with Crippen LogP contribution in [-0.2, 0) is 13.0 Å². The van der Waals surface area contributed by atoms with E-state index >= 15 is 0 Å². The molecular weight excluding hydrogens is 219 g/mol. The van der Waals surface area contributed by atoms with Gasteiger partial charge in [0.05, 0.1) is 0 Å². The zero-order valence-corrected chi connectivity index (χ0v) is 9.59. The van der Waals surface area contributed by atoms with Gasteiger partial charge in [0.2, 0.25) is 0 Å². The SMILES string of the molecule is CCNCc1noc2c1Cc1cc(F)ccc1-2. The van der Waals surface area contributed by atoms with Crippen molar-refractivity contribution in [1.82, 2.24) is 10.5 Å². The van der Waals surface area contributed by atoms with Crippen LogP contribution in [0.25, 0.3) is 11.3 Å². The summed E-state index contributed by atoms with van der Waals surface area (Å²) in [6, 6.07) is 4.79. The molecule has 0 unspecified atom stereocenters. The minimum Gasteiger partial charge on any atom is -0.356 e. The van der Waals surface area contributed by atoms with Crippen molar-refractivity contribution in [1.29, 1.82) is 0 Å². The molecule has 0 amide bonds. The van der Waals surface area contributed by atoms with E-state index in [9.17, 15) is 4.39 Å². The van der Waals surface area contributed by atoms with Crippen LogP contribution in [0, 0.1) is 5.82 Å². The van der Waals surface area contributed by atoms with E-state index in [1.54, 1.807) is 12.1 Å². The standard InChI is InChI=1S/C13H13FN2O/c1-2-15-7-12-11-6-8-5-9(14)3-4-10(8)13(11)17-16-12/h3-5,15H,2,6-7H2,1H3. The number of hydrogen-bond donors (Lipinski definition) is 1. The topological polar surface area (TPSA) is 38.1 Å². The van der Waals surface area contributed by atoms with Crippen molar-refractivity contribution in [3.05, 3.63) is 40.8 Å². The molecule has 1 aromatic carbocycles. The van der Waals surface area contributed by atoms with Crippen molar-refractivity contribution in [3.8, 4) is 11.3 Å². The number of halogens is 1. The predicted octanol–water partition coefficient (Wildman–Crippen LogP) is 2.49. The molecule has 2 aromatic rings. The fraction of sp³-hybridized carbons (Fsp3) is 0.308. The number of aromatic nitrogens is 1. The molecule has 1 aromatic heterocycles. The Morgan fingerprint density at radius 1 is 1.47 bits per heavy atom. The van der Waals surface area contributed by atoms with E-state index in [0.717, 1.165) is 34.7 Å². The summed E-state index contributed by atoms with van der Waals surface area (Å²) in [6.07, 6.45) is 0.715. The van der Waals surface area contributed by atoms with E-state index in [1.807, 2.05) is 6.92 Å². The molecule has 0 bridgehead atoms. The quantitative estimate of drug-likeness (QED) is 0.754. The van der Waals surface area contributed by atoms with E-state index in [0.29, 0.717) is 13.0 Å². The Kier molecular flexibility index (Phi) is 2.44. The molecule has 3 rings (SSSR count). The Morgan fingerprint density at radius 2 is 2.35 bits per heavy atom. The summed E-state index contributed by atoms with van der Waals surface area (Å²) in [5.74, 6) is 0.600.